The number of hydrogen-bond acceptors (Lipinski definition) is 4. The minimum absolute atomic E-state index is 0.0428. The van der Waals surface area contributed by atoms with Crippen molar-refractivity contribution in [2.24, 2.45) is 4.99 Å². The van der Waals surface area contributed by atoms with Crippen molar-refractivity contribution in [2.45, 2.75) is 0 Å². The molecule has 1 aromatic heterocycles. The summed E-state index contributed by atoms with van der Waals surface area (Å²) in [4.78, 5) is 31.1. The Hall–Kier alpha value is -2.90. The molecule has 27 heavy (non-hydrogen) atoms. The quantitative estimate of drug-likeness (QED) is 0.628. The minimum atomic E-state index is -0.745. The number of allylic oxidation sites excluding steroid dienone is 1. The summed E-state index contributed by atoms with van der Waals surface area (Å²) < 4.78 is 1.87. The number of H-pyrrole nitrogens is 1. The highest BCUT2D eigenvalue weighted by Crippen LogP contribution is 2.35. The first-order chi connectivity index (χ1) is 12.9. The zero-order valence-electron chi connectivity index (χ0n) is 13.6. The second-order valence-electron chi connectivity index (χ2n) is 5.83. The number of aromatic amines is 1. The number of nitrogens with zero attached hydrogens (tertiary/aromatic N) is 2. The normalized spacial score (nSPS) is 13.9. The molecule has 3 aromatic rings. The molecule has 2 heterocycles. The molecule has 0 amide bonds. The number of aromatic nitrogens is 2. The number of benzene rings is 2. The van der Waals surface area contributed by atoms with Crippen molar-refractivity contribution in [1.82, 2.24) is 9.55 Å². The summed E-state index contributed by atoms with van der Waals surface area (Å²) in [5.41, 5.74) is 1.12. The Labute approximate surface area is 166 Å². The molecule has 0 spiro atoms. The Morgan fingerprint density at radius 3 is 2.63 bits per heavy atom. The fraction of sp³-hybridized carbons (Fsp3) is 0. The van der Waals surface area contributed by atoms with Gasteiger partial charge in [0, 0.05) is 26.8 Å². The van der Waals surface area contributed by atoms with E-state index >= 15 is 0 Å². The van der Waals surface area contributed by atoms with Crippen molar-refractivity contribution < 1.29 is 5.11 Å². The predicted octanol–water partition coefficient (Wildman–Crippen LogP) is 3.90. The van der Waals surface area contributed by atoms with Crippen molar-refractivity contribution in [3.8, 4) is 11.6 Å². The lowest BCUT2D eigenvalue weighted by molar-refractivity contribution is 0.429. The van der Waals surface area contributed by atoms with Gasteiger partial charge in [-0.3, -0.25) is 14.8 Å². The number of rotatable bonds is 2. The van der Waals surface area contributed by atoms with Crippen molar-refractivity contribution >= 4 is 51.1 Å². The summed E-state index contributed by atoms with van der Waals surface area (Å²) in [6.45, 7) is 0. The maximum Gasteiger partial charge on any atom is 0.335 e. The smallest absolute Gasteiger partial charge is 0.335 e. The third kappa shape index (κ3) is 3.15. The monoisotopic (exact) mass is 443 g/mol. The lowest BCUT2D eigenvalue weighted by Crippen LogP contribution is -2.30. The van der Waals surface area contributed by atoms with Crippen LogP contribution in [0.5, 0.6) is 5.88 Å². The highest BCUT2D eigenvalue weighted by Gasteiger charge is 2.18. The topological polar surface area (TPSA) is 87.5 Å². The van der Waals surface area contributed by atoms with Crippen LogP contribution in [0, 0.1) is 0 Å². The van der Waals surface area contributed by atoms with Crippen molar-refractivity contribution in [2.75, 3.05) is 0 Å². The molecule has 1 aliphatic rings. The van der Waals surface area contributed by atoms with Crippen LogP contribution in [-0.4, -0.2) is 20.9 Å². The lowest BCUT2D eigenvalue weighted by Gasteiger charge is -2.10. The number of fused-ring (bicyclic) bond motifs is 1. The molecule has 134 valence electrons. The van der Waals surface area contributed by atoms with Crippen molar-refractivity contribution in [1.29, 1.82) is 0 Å². The molecular weight excluding hydrogens is 434 g/mol. The van der Waals surface area contributed by atoms with Crippen LogP contribution in [0.25, 0.3) is 17.3 Å². The summed E-state index contributed by atoms with van der Waals surface area (Å²) in [6, 6.07) is 11.9. The molecule has 0 radical (unpaired) electrons. The van der Waals surface area contributed by atoms with Gasteiger partial charge in [0.2, 0.25) is 5.88 Å². The van der Waals surface area contributed by atoms with Gasteiger partial charge >= 0.3 is 5.69 Å². The SMILES string of the molecule is O=c1[nH]c(=O)n(-c2ccc(Cl)cc2)c(O)c1C=C1C=Nc2ccc(Br)cc21. The van der Waals surface area contributed by atoms with E-state index in [1.165, 1.54) is 6.08 Å². The van der Waals surface area contributed by atoms with E-state index in [4.69, 9.17) is 11.6 Å². The molecule has 0 unspecified atom stereocenters. The van der Waals surface area contributed by atoms with Crippen LogP contribution in [0.2, 0.25) is 5.02 Å². The average molecular weight is 445 g/mol. The first kappa shape index (κ1) is 17.5. The average Bonchev–Trinajstić information content (AvgIpc) is 3.02. The Kier molecular flexibility index (Phi) is 4.33. The van der Waals surface area contributed by atoms with Crippen LogP contribution in [0.4, 0.5) is 5.69 Å². The highest BCUT2D eigenvalue weighted by molar-refractivity contribution is 9.10. The molecule has 1 aliphatic heterocycles. The fourth-order valence-electron chi connectivity index (χ4n) is 2.83. The Balaban J connectivity index is 1.91. The Morgan fingerprint density at radius 1 is 1.15 bits per heavy atom. The van der Waals surface area contributed by atoms with E-state index in [0.717, 1.165) is 20.3 Å². The standard InChI is InChI=1S/C19H11BrClN3O3/c20-11-1-6-16-14(8-11)10(9-22-16)7-15-17(25)23-19(27)24(18(15)26)13-4-2-12(21)3-5-13/h1-9,26H,(H,23,25,27). The van der Waals surface area contributed by atoms with Crippen LogP contribution in [0.15, 0.2) is 61.5 Å². The van der Waals surface area contributed by atoms with Crippen molar-refractivity contribution in [3.05, 3.63) is 83.9 Å². The second-order valence-corrected chi connectivity index (χ2v) is 7.18. The maximum atomic E-state index is 12.3. The van der Waals surface area contributed by atoms with Crippen LogP contribution in [0.1, 0.15) is 11.1 Å². The van der Waals surface area contributed by atoms with E-state index < -0.39 is 17.1 Å². The van der Waals surface area contributed by atoms with Gasteiger partial charge in [-0.05, 0) is 48.5 Å². The van der Waals surface area contributed by atoms with Gasteiger partial charge in [0.05, 0.1) is 11.4 Å². The maximum absolute atomic E-state index is 12.3. The third-order valence-electron chi connectivity index (χ3n) is 4.12. The number of halogens is 2. The first-order valence-corrected chi connectivity index (χ1v) is 9.01. The van der Waals surface area contributed by atoms with Gasteiger partial charge < -0.3 is 5.11 Å². The van der Waals surface area contributed by atoms with E-state index in [0.29, 0.717) is 16.3 Å². The largest absolute Gasteiger partial charge is 0.494 e. The first-order valence-electron chi connectivity index (χ1n) is 7.84. The van der Waals surface area contributed by atoms with Gasteiger partial charge in [0.1, 0.15) is 5.56 Å². The summed E-state index contributed by atoms with van der Waals surface area (Å²) in [5.74, 6) is -0.463. The third-order valence-corrected chi connectivity index (χ3v) is 4.86. The van der Waals surface area contributed by atoms with Gasteiger partial charge in [0.25, 0.3) is 5.56 Å². The summed E-state index contributed by atoms with van der Waals surface area (Å²) in [7, 11) is 0. The van der Waals surface area contributed by atoms with Crippen LogP contribution in [0.3, 0.4) is 0 Å². The van der Waals surface area contributed by atoms with E-state index in [1.807, 2.05) is 18.2 Å². The molecule has 6 nitrogen and oxygen atoms in total. The van der Waals surface area contributed by atoms with Gasteiger partial charge in [-0.2, -0.15) is 0 Å². The van der Waals surface area contributed by atoms with Crippen molar-refractivity contribution in [3.63, 3.8) is 0 Å². The Bertz CT molecular complexity index is 1240. The summed E-state index contributed by atoms with van der Waals surface area (Å²) >= 11 is 9.28. The highest BCUT2D eigenvalue weighted by atomic mass is 79.9. The van der Waals surface area contributed by atoms with Gasteiger partial charge in [-0.15, -0.1) is 0 Å². The molecule has 0 saturated heterocycles. The molecule has 0 fully saturated rings. The number of nitrogens with one attached hydrogen (secondary N) is 1. The van der Waals surface area contributed by atoms with Gasteiger partial charge in [-0.1, -0.05) is 27.5 Å². The lowest BCUT2D eigenvalue weighted by atomic mass is 10.1. The summed E-state index contributed by atoms with van der Waals surface area (Å²) in [6.07, 6.45) is 3.11. The van der Waals surface area contributed by atoms with E-state index in [9.17, 15) is 14.7 Å². The predicted molar refractivity (Wildman–Crippen MR) is 109 cm³/mol. The van der Waals surface area contributed by atoms with E-state index in [1.54, 1.807) is 30.5 Å². The minimum Gasteiger partial charge on any atom is -0.494 e. The molecular formula is C19H11BrClN3O3. The van der Waals surface area contributed by atoms with Crippen LogP contribution in [-0.2, 0) is 0 Å². The van der Waals surface area contributed by atoms with Crippen LogP contribution >= 0.6 is 27.5 Å². The second kappa shape index (κ2) is 6.68. The zero-order chi connectivity index (χ0) is 19.1. The molecule has 4 rings (SSSR count). The van der Waals surface area contributed by atoms with E-state index in [-0.39, 0.29) is 5.56 Å². The fourth-order valence-corrected chi connectivity index (χ4v) is 3.32. The van der Waals surface area contributed by atoms with Gasteiger partial charge in [0.15, 0.2) is 0 Å². The molecule has 2 N–H and O–H groups in total. The molecule has 8 heteroatoms. The number of aromatic hydroxyl groups is 1. The molecule has 0 atom stereocenters. The van der Waals surface area contributed by atoms with Crippen LogP contribution < -0.4 is 11.2 Å². The van der Waals surface area contributed by atoms with E-state index in [2.05, 4.69) is 25.9 Å². The van der Waals surface area contributed by atoms with Gasteiger partial charge in [-0.25, -0.2) is 9.36 Å². The summed E-state index contributed by atoms with van der Waals surface area (Å²) in [5, 5.41) is 11.1. The molecule has 0 saturated carbocycles. The molecule has 0 bridgehead atoms. The number of aliphatic imine (C=N–C) groups is 1. The Morgan fingerprint density at radius 2 is 1.89 bits per heavy atom. The zero-order valence-corrected chi connectivity index (χ0v) is 16.0. The molecule has 0 aliphatic carbocycles. The number of hydrogen-bond donors (Lipinski definition) is 2. The molecule has 2 aromatic carbocycles.